The van der Waals surface area contributed by atoms with E-state index in [0.29, 0.717) is 65.3 Å². The second-order valence-corrected chi connectivity index (χ2v) is 8.59. The maximum Gasteiger partial charge on any atom is 0.288 e. The summed E-state index contributed by atoms with van der Waals surface area (Å²) < 4.78 is 25.0. The topological polar surface area (TPSA) is 52.7 Å². The maximum absolute atomic E-state index is 13.2. The van der Waals surface area contributed by atoms with Crippen LogP contribution in [0.25, 0.3) is 0 Å². The number of rotatable bonds is 6. The van der Waals surface area contributed by atoms with E-state index in [9.17, 15) is 18.4 Å². The lowest BCUT2D eigenvalue weighted by Crippen LogP contribution is -2.50. The van der Waals surface area contributed by atoms with Crippen molar-refractivity contribution < 1.29 is 18.4 Å². The fraction of sp³-hybridized carbons (Fsp3) is 0.200. The van der Waals surface area contributed by atoms with Crippen molar-refractivity contribution in [2.45, 2.75) is 10.7 Å². The lowest BCUT2D eigenvalue weighted by atomic mass is 10.1. The van der Waals surface area contributed by atoms with E-state index >= 15 is 0 Å². The lowest BCUT2D eigenvalue weighted by molar-refractivity contribution is 0.0536. The second-order valence-electron chi connectivity index (χ2n) is 7.52. The van der Waals surface area contributed by atoms with Gasteiger partial charge in [-0.3, -0.25) is 9.59 Å². The highest BCUT2D eigenvalue weighted by atomic mass is 32.2. The van der Waals surface area contributed by atoms with E-state index in [4.69, 9.17) is 0 Å². The zero-order valence-corrected chi connectivity index (χ0v) is 18.6. The molecule has 1 aliphatic rings. The molecule has 170 valence electrons. The SMILES string of the molecule is O=C(c1ccccc1)N1CCN(C(=O)c2ccccc2Nc2ccc(SC(F)F)cc2)CC1. The first-order valence-corrected chi connectivity index (χ1v) is 11.4. The molecule has 0 radical (unpaired) electrons. The van der Waals surface area contributed by atoms with E-state index in [0.717, 1.165) is 0 Å². The summed E-state index contributed by atoms with van der Waals surface area (Å²) in [5, 5.41) is 3.21. The molecule has 5 nitrogen and oxygen atoms in total. The standard InChI is InChI=1S/C25H23F2N3O2S/c26-25(27)33-20-12-10-19(11-13-20)28-22-9-5-4-8-21(22)24(32)30-16-14-29(15-17-30)23(31)18-6-2-1-3-7-18/h1-13,25,28H,14-17H2. The van der Waals surface area contributed by atoms with Crippen molar-refractivity contribution in [3.8, 4) is 0 Å². The number of nitrogens with zero attached hydrogens (tertiary/aromatic N) is 2. The van der Waals surface area contributed by atoms with Crippen LogP contribution >= 0.6 is 11.8 Å². The number of carbonyl (C=O) groups excluding carboxylic acids is 2. The van der Waals surface area contributed by atoms with E-state index < -0.39 is 5.76 Å². The van der Waals surface area contributed by atoms with Gasteiger partial charge in [0.2, 0.25) is 0 Å². The number of hydrogen-bond acceptors (Lipinski definition) is 4. The van der Waals surface area contributed by atoms with E-state index in [1.54, 1.807) is 58.3 Å². The van der Waals surface area contributed by atoms with Gasteiger partial charge >= 0.3 is 0 Å². The number of thioether (sulfide) groups is 1. The van der Waals surface area contributed by atoms with Gasteiger partial charge in [-0.25, -0.2) is 0 Å². The Morgan fingerprint density at radius 2 is 1.33 bits per heavy atom. The van der Waals surface area contributed by atoms with Gasteiger partial charge in [0.1, 0.15) is 0 Å². The minimum Gasteiger partial charge on any atom is -0.355 e. The molecule has 1 aliphatic heterocycles. The average molecular weight is 468 g/mol. The Hall–Kier alpha value is -3.39. The van der Waals surface area contributed by atoms with Gasteiger partial charge in [0.25, 0.3) is 17.6 Å². The van der Waals surface area contributed by atoms with Crippen molar-refractivity contribution in [1.82, 2.24) is 9.80 Å². The highest BCUT2D eigenvalue weighted by Crippen LogP contribution is 2.28. The van der Waals surface area contributed by atoms with E-state index in [1.807, 2.05) is 30.3 Å². The minimum atomic E-state index is -2.47. The van der Waals surface area contributed by atoms with Gasteiger partial charge in [0.05, 0.1) is 11.3 Å². The highest BCUT2D eigenvalue weighted by Gasteiger charge is 2.26. The largest absolute Gasteiger partial charge is 0.355 e. The Kier molecular flexibility index (Phi) is 7.24. The summed E-state index contributed by atoms with van der Waals surface area (Å²) in [6, 6.07) is 23.0. The number of piperazine rings is 1. The van der Waals surface area contributed by atoms with Crippen LogP contribution in [-0.4, -0.2) is 53.6 Å². The third-order valence-corrected chi connectivity index (χ3v) is 6.11. The van der Waals surface area contributed by atoms with Crippen LogP contribution in [0.15, 0.2) is 83.8 Å². The number of alkyl halides is 2. The monoisotopic (exact) mass is 467 g/mol. The lowest BCUT2D eigenvalue weighted by Gasteiger charge is -2.35. The fourth-order valence-electron chi connectivity index (χ4n) is 3.70. The Morgan fingerprint density at radius 3 is 1.97 bits per heavy atom. The van der Waals surface area contributed by atoms with E-state index in [1.165, 1.54) is 0 Å². The fourth-order valence-corrected chi connectivity index (χ4v) is 4.20. The quantitative estimate of drug-likeness (QED) is 0.497. The van der Waals surface area contributed by atoms with Gasteiger partial charge in [-0.05, 0) is 48.5 Å². The summed E-state index contributed by atoms with van der Waals surface area (Å²) in [6.07, 6.45) is 0. The molecule has 1 saturated heterocycles. The van der Waals surface area contributed by atoms with Crippen molar-refractivity contribution in [3.05, 3.63) is 90.0 Å². The molecule has 0 unspecified atom stereocenters. The first-order valence-electron chi connectivity index (χ1n) is 10.6. The van der Waals surface area contributed by atoms with Gasteiger partial charge in [0.15, 0.2) is 0 Å². The summed E-state index contributed by atoms with van der Waals surface area (Å²) in [6.45, 7) is 1.84. The molecule has 0 spiro atoms. The molecule has 0 atom stereocenters. The summed E-state index contributed by atoms with van der Waals surface area (Å²) >= 11 is 0.491. The molecule has 0 aromatic heterocycles. The van der Waals surface area contributed by atoms with Crippen molar-refractivity contribution in [1.29, 1.82) is 0 Å². The van der Waals surface area contributed by atoms with Gasteiger partial charge < -0.3 is 15.1 Å². The Bertz CT molecular complexity index is 1100. The molecule has 1 N–H and O–H groups in total. The third-order valence-electron chi connectivity index (χ3n) is 5.39. The first-order chi connectivity index (χ1) is 16.0. The summed E-state index contributed by atoms with van der Waals surface area (Å²) in [4.78, 5) is 29.9. The van der Waals surface area contributed by atoms with Crippen LogP contribution in [-0.2, 0) is 0 Å². The van der Waals surface area contributed by atoms with Gasteiger partial charge in [-0.15, -0.1) is 0 Å². The molecule has 3 aromatic carbocycles. The summed E-state index contributed by atoms with van der Waals surface area (Å²) in [5.74, 6) is -2.61. The zero-order valence-electron chi connectivity index (χ0n) is 17.8. The molecule has 1 heterocycles. The molecule has 0 bridgehead atoms. The van der Waals surface area contributed by atoms with Crippen LogP contribution in [0.3, 0.4) is 0 Å². The van der Waals surface area contributed by atoms with Crippen LogP contribution in [0.1, 0.15) is 20.7 Å². The Morgan fingerprint density at radius 1 is 0.758 bits per heavy atom. The third kappa shape index (κ3) is 5.70. The van der Waals surface area contributed by atoms with Crippen molar-refractivity contribution in [2.75, 3.05) is 31.5 Å². The molecule has 0 saturated carbocycles. The summed E-state index contributed by atoms with van der Waals surface area (Å²) in [7, 11) is 0. The van der Waals surface area contributed by atoms with Crippen LogP contribution in [0.2, 0.25) is 0 Å². The van der Waals surface area contributed by atoms with Gasteiger partial charge in [-0.1, -0.05) is 42.1 Å². The van der Waals surface area contributed by atoms with E-state index in [-0.39, 0.29) is 11.8 Å². The predicted octanol–water partition coefficient (Wildman–Crippen LogP) is 5.34. The Balaban J connectivity index is 1.41. The Labute approximate surface area is 195 Å². The first kappa shape index (κ1) is 22.8. The highest BCUT2D eigenvalue weighted by molar-refractivity contribution is 7.99. The second kappa shape index (κ2) is 10.5. The molecular weight excluding hydrogens is 444 g/mol. The van der Waals surface area contributed by atoms with Gasteiger partial charge in [-0.2, -0.15) is 8.78 Å². The number of anilines is 2. The number of amides is 2. The van der Waals surface area contributed by atoms with Crippen LogP contribution in [0.4, 0.5) is 20.2 Å². The number of halogens is 2. The molecule has 4 rings (SSSR count). The maximum atomic E-state index is 13.2. The zero-order chi connectivity index (χ0) is 23.2. The number of benzene rings is 3. The number of carbonyl (C=O) groups is 2. The number of hydrogen-bond donors (Lipinski definition) is 1. The normalized spacial score (nSPS) is 13.8. The van der Waals surface area contributed by atoms with Crippen molar-refractivity contribution in [2.24, 2.45) is 0 Å². The molecule has 0 aliphatic carbocycles. The predicted molar refractivity (Wildman–Crippen MR) is 126 cm³/mol. The summed E-state index contributed by atoms with van der Waals surface area (Å²) in [5.41, 5.74) is 2.50. The molecule has 3 aromatic rings. The van der Waals surface area contributed by atoms with Crippen LogP contribution < -0.4 is 5.32 Å². The smallest absolute Gasteiger partial charge is 0.288 e. The minimum absolute atomic E-state index is 0.0294. The number of nitrogens with one attached hydrogen (secondary N) is 1. The van der Waals surface area contributed by atoms with Crippen LogP contribution in [0.5, 0.6) is 0 Å². The molecular formula is C25H23F2N3O2S. The van der Waals surface area contributed by atoms with Crippen LogP contribution in [0, 0.1) is 0 Å². The molecule has 8 heteroatoms. The van der Waals surface area contributed by atoms with E-state index in [2.05, 4.69) is 5.32 Å². The average Bonchev–Trinajstić information content (AvgIpc) is 2.85. The van der Waals surface area contributed by atoms with Gasteiger partial charge in [0, 0.05) is 42.3 Å². The van der Waals surface area contributed by atoms with Crippen molar-refractivity contribution in [3.63, 3.8) is 0 Å². The molecule has 33 heavy (non-hydrogen) atoms. The van der Waals surface area contributed by atoms with Crippen molar-refractivity contribution >= 4 is 35.0 Å². The molecule has 2 amide bonds. The number of para-hydroxylation sites is 1. The molecule has 1 fully saturated rings.